The van der Waals surface area contributed by atoms with Gasteiger partial charge in [0.25, 0.3) is 0 Å². The molecule has 2 aliphatic heterocycles. The molecule has 1 N–H and O–H groups in total. The monoisotopic (exact) mass is 292 g/mol. The number of rotatable bonds is 4. The van der Waals surface area contributed by atoms with Gasteiger partial charge in [-0.15, -0.1) is 0 Å². The molecule has 2 unspecified atom stereocenters. The van der Waals surface area contributed by atoms with E-state index >= 15 is 0 Å². The fourth-order valence-corrected chi connectivity index (χ4v) is 5.74. The SMILES string of the molecule is CC1CSCCN1S(=O)(=O)CCC1CCCCN1. The van der Waals surface area contributed by atoms with E-state index in [-0.39, 0.29) is 6.04 Å². The number of sulfonamides is 1. The van der Waals surface area contributed by atoms with Crippen molar-refractivity contribution < 1.29 is 8.42 Å². The molecule has 4 nitrogen and oxygen atoms in total. The number of hydrogen-bond donors (Lipinski definition) is 1. The van der Waals surface area contributed by atoms with Gasteiger partial charge in [-0.25, -0.2) is 8.42 Å². The van der Waals surface area contributed by atoms with Gasteiger partial charge in [0.05, 0.1) is 5.75 Å². The minimum atomic E-state index is -3.05. The Balaban J connectivity index is 1.85. The fourth-order valence-electron chi connectivity index (χ4n) is 2.70. The standard InChI is InChI=1S/C12H24N2O2S2/c1-11-10-17-8-7-14(11)18(15,16)9-5-12-4-2-3-6-13-12/h11-13H,2-10H2,1H3. The third-order valence-corrected chi connectivity index (χ3v) is 7.00. The molecule has 106 valence electrons. The molecule has 0 amide bonds. The van der Waals surface area contributed by atoms with Crippen LogP contribution in [0.25, 0.3) is 0 Å². The van der Waals surface area contributed by atoms with E-state index in [2.05, 4.69) is 5.32 Å². The van der Waals surface area contributed by atoms with Crippen molar-refractivity contribution in [2.75, 3.05) is 30.3 Å². The Morgan fingerprint density at radius 1 is 1.39 bits per heavy atom. The highest BCUT2D eigenvalue weighted by molar-refractivity contribution is 7.99. The van der Waals surface area contributed by atoms with Gasteiger partial charge in [-0.1, -0.05) is 6.42 Å². The minimum Gasteiger partial charge on any atom is -0.314 e. The van der Waals surface area contributed by atoms with Gasteiger partial charge in [-0.2, -0.15) is 16.1 Å². The van der Waals surface area contributed by atoms with Gasteiger partial charge >= 0.3 is 0 Å². The predicted molar refractivity (Wildman–Crippen MR) is 77.5 cm³/mol. The Bertz CT molecular complexity index is 353. The molecule has 0 bridgehead atoms. The highest BCUT2D eigenvalue weighted by Crippen LogP contribution is 2.21. The van der Waals surface area contributed by atoms with Gasteiger partial charge in [0, 0.05) is 30.1 Å². The molecule has 0 spiro atoms. The number of nitrogens with zero attached hydrogens (tertiary/aromatic N) is 1. The topological polar surface area (TPSA) is 49.4 Å². The number of thioether (sulfide) groups is 1. The third-order valence-electron chi connectivity index (χ3n) is 3.80. The maximum absolute atomic E-state index is 12.3. The largest absolute Gasteiger partial charge is 0.314 e. The first-order chi connectivity index (χ1) is 8.59. The molecule has 0 aromatic carbocycles. The van der Waals surface area contributed by atoms with Crippen LogP contribution in [-0.4, -0.2) is 55.2 Å². The van der Waals surface area contributed by atoms with Gasteiger partial charge in [-0.3, -0.25) is 0 Å². The normalized spacial score (nSPS) is 31.4. The quantitative estimate of drug-likeness (QED) is 0.848. The molecule has 0 saturated carbocycles. The van der Waals surface area contributed by atoms with Crippen molar-refractivity contribution in [2.24, 2.45) is 0 Å². The zero-order valence-electron chi connectivity index (χ0n) is 11.1. The van der Waals surface area contributed by atoms with E-state index in [0.29, 0.717) is 18.3 Å². The lowest BCUT2D eigenvalue weighted by molar-refractivity contribution is 0.358. The van der Waals surface area contributed by atoms with Crippen LogP contribution in [-0.2, 0) is 10.0 Å². The lowest BCUT2D eigenvalue weighted by Gasteiger charge is -2.32. The number of hydrogen-bond acceptors (Lipinski definition) is 4. The maximum Gasteiger partial charge on any atom is 0.214 e. The summed E-state index contributed by atoms with van der Waals surface area (Å²) in [4.78, 5) is 0. The lowest BCUT2D eigenvalue weighted by Crippen LogP contribution is -2.46. The Morgan fingerprint density at radius 3 is 2.89 bits per heavy atom. The van der Waals surface area contributed by atoms with Crippen LogP contribution in [0.15, 0.2) is 0 Å². The third kappa shape index (κ3) is 3.85. The Morgan fingerprint density at radius 2 is 2.22 bits per heavy atom. The average Bonchev–Trinajstić information content (AvgIpc) is 2.38. The van der Waals surface area contributed by atoms with Crippen molar-refractivity contribution in [2.45, 2.75) is 44.7 Å². The Kier molecular flexibility index (Phi) is 5.35. The summed E-state index contributed by atoms with van der Waals surface area (Å²) in [5, 5.41) is 3.42. The first-order valence-corrected chi connectivity index (χ1v) is 9.66. The summed E-state index contributed by atoms with van der Waals surface area (Å²) >= 11 is 1.85. The molecule has 2 rings (SSSR count). The van der Waals surface area contributed by atoms with Crippen molar-refractivity contribution in [3.05, 3.63) is 0 Å². The molecule has 2 heterocycles. The zero-order chi connectivity index (χ0) is 13.0. The summed E-state index contributed by atoms with van der Waals surface area (Å²) < 4.78 is 26.4. The Labute approximate surface area is 115 Å². The summed E-state index contributed by atoms with van der Waals surface area (Å²) in [6.07, 6.45) is 4.34. The molecule has 6 heteroatoms. The van der Waals surface area contributed by atoms with E-state index in [9.17, 15) is 8.42 Å². The van der Waals surface area contributed by atoms with Gasteiger partial charge in [-0.05, 0) is 32.7 Å². The molecular weight excluding hydrogens is 268 g/mol. The summed E-state index contributed by atoms with van der Waals surface area (Å²) in [7, 11) is -3.05. The van der Waals surface area contributed by atoms with E-state index in [1.807, 2.05) is 18.7 Å². The Hall–Kier alpha value is 0.220. The maximum atomic E-state index is 12.3. The van der Waals surface area contributed by atoms with Crippen molar-refractivity contribution in [3.8, 4) is 0 Å². The lowest BCUT2D eigenvalue weighted by atomic mass is 10.0. The van der Waals surface area contributed by atoms with Gasteiger partial charge in [0.1, 0.15) is 0 Å². The molecular formula is C12H24N2O2S2. The molecule has 2 fully saturated rings. The minimum absolute atomic E-state index is 0.160. The molecule has 0 aromatic heterocycles. The van der Waals surface area contributed by atoms with E-state index in [1.54, 1.807) is 4.31 Å². The number of nitrogens with one attached hydrogen (secondary N) is 1. The molecule has 18 heavy (non-hydrogen) atoms. The van der Waals surface area contributed by atoms with Crippen LogP contribution in [0.5, 0.6) is 0 Å². The van der Waals surface area contributed by atoms with Crippen LogP contribution in [0.4, 0.5) is 0 Å². The predicted octanol–water partition coefficient (Wildman–Crippen LogP) is 1.29. The second kappa shape index (κ2) is 6.59. The first kappa shape index (κ1) is 14.6. The summed E-state index contributed by atoms with van der Waals surface area (Å²) in [6.45, 7) is 3.75. The van der Waals surface area contributed by atoms with Crippen molar-refractivity contribution in [3.63, 3.8) is 0 Å². The van der Waals surface area contributed by atoms with Crippen LogP contribution >= 0.6 is 11.8 Å². The van der Waals surface area contributed by atoms with Crippen LogP contribution in [0.2, 0.25) is 0 Å². The summed E-state index contributed by atoms with van der Waals surface area (Å²) in [5.41, 5.74) is 0. The van der Waals surface area contributed by atoms with Crippen LogP contribution in [0, 0.1) is 0 Å². The second-order valence-electron chi connectivity index (χ2n) is 5.29. The highest BCUT2D eigenvalue weighted by Gasteiger charge is 2.30. The molecule has 0 aromatic rings. The van der Waals surface area contributed by atoms with Crippen LogP contribution in [0.1, 0.15) is 32.6 Å². The van der Waals surface area contributed by atoms with Crippen molar-refractivity contribution in [1.82, 2.24) is 9.62 Å². The average molecular weight is 292 g/mol. The van der Waals surface area contributed by atoms with Gasteiger partial charge in [0.15, 0.2) is 0 Å². The molecule has 0 aliphatic carbocycles. The smallest absolute Gasteiger partial charge is 0.214 e. The molecule has 0 radical (unpaired) electrons. The first-order valence-electron chi connectivity index (χ1n) is 6.90. The summed E-state index contributed by atoms with van der Waals surface area (Å²) in [6, 6.07) is 0.566. The van der Waals surface area contributed by atoms with Gasteiger partial charge < -0.3 is 5.32 Å². The fraction of sp³-hybridized carbons (Fsp3) is 1.00. The van der Waals surface area contributed by atoms with E-state index in [4.69, 9.17) is 0 Å². The van der Waals surface area contributed by atoms with Gasteiger partial charge in [0.2, 0.25) is 10.0 Å². The highest BCUT2D eigenvalue weighted by atomic mass is 32.2. The van der Waals surface area contributed by atoms with E-state index in [0.717, 1.165) is 30.9 Å². The molecule has 2 atom stereocenters. The van der Waals surface area contributed by atoms with Crippen LogP contribution in [0.3, 0.4) is 0 Å². The second-order valence-corrected chi connectivity index (χ2v) is 8.48. The zero-order valence-corrected chi connectivity index (χ0v) is 12.7. The summed E-state index contributed by atoms with van der Waals surface area (Å²) in [5.74, 6) is 2.17. The van der Waals surface area contributed by atoms with Crippen LogP contribution < -0.4 is 5.32 Å². The van der Waals surface area contributed by atoms with E-state index in [1.165, 1.54) is 12.8 Å². The molecule has 2 aliphatic rings. The van der Waals surface area contributed by atoms with Crippen molar-refractivity contribution in [1.29, 1.82) is 0 Å². The van der Waals surface area contributed by atoms with Crippen molar-refractivity contribution >= 4 is 21.8 Å². The van der Waals surface area contributed by atoms with E-state index < -0.39 is 10.0 Å². The number of piperidine rings is 1. The molecule has 2 saturated heterocycles.